The third-order valence-electron chi connectivity index (χ3n) is 3.54. The van der Waals surface area contributed by atoms with Gasteiger partial charge in [-0.2, -0.15) is 0 Å². The first-order valence-electron chi connectivity index (χ1n) is 7.30. The van der Waals surface area contributed by atoms with Crippen molar-refractivity contribution in [3.05, 3.63) is 41.0 Å². The Bertz CT molecular complexity index is 683. The normalized spacial score (nSPS) is 13.1. The fraction of sp³-hybridized carbons (Fsp3) is 0.412. The van der Waals surface area contributed by atoms with Crippen LogP contribution in [0.5, 0.6) is 0 Å². The van der Waals surface area contributed by atoms with Gasteiger partial charge in [0.1, 0.15) is 0 Å². The molecule has 1 unspecified atom stereocenters. The van der Waals surface area contributed by atoms with Crippen LogP contribution in [0.2, 0.25) is 5.02 Å². The quantitative estimate of drug-likeness (QED) is 0.887. The smallest absolute Gasteiger partial charge is 0.253 e. The van der Waals surface area contributed by atoms with E-state index in [2.05, 4.69) is 10.3 Å². The number of hydrogen-bond donors (Lipinski definition) is 2. The van der Waals surface area contributed by atoms with Crippen LogP contribution >= 0.6 is 11.6 Å². The van der Waals surface area contributed by atoms with Gasteiger partial charge >= 0.3 is 0 Å². The summed E-state index contributed by atoms with van der Waals surface area (Å²) in [5.41, 5.74) is 0.924. The summed E-state index contributed by atoms with van der Waals surface area (Å²) in [7, 11) is 0. The number of aliphatic hydroxyl groups excluding tert-OH is 1. The van der Waals surface area contributed by atoms with Gasteiger partial charge in [0.05, 0.1) is 22.2 Å². The second kappa shape index (κ2) is 6.63. The highest BCUT2D eigenvalue weighted by atomic mass is 35.5. The lowest BCUT2D eigenvalue weighted by atomic mass is 9.87. The molecule has 22 heavy (non-hydrogen) atoms. The van der Waals surface area contributed by atoms with Gasteiger partial charge in [-0.25, -0.2) is 0 Å². The van der Waals surface area contributed by atoms with Crippen LogP contribution in [0.1, 0.15) is 37.6 Å². The highest BCUT2D eigenvalue weighted by Crippen LogP contribution is 2.25. The maximum absolute atomic E-state index is 12.4. The van der Waals surface area contributed by atoms with E-state index in [0.717, 1.165) is 5.39 Å². The van der Waals surface area contributed by atoms with E-state index < -0.39 is 6.10 Å². The van der Waals surface area contributed by atoms with E-state index in [-0.39, 0.29) is 11.3 Å². The number of nitrogens with one attached hydrogen (secondary N) is 1. The summed E-state index contributed by atoms with van der Waals surface area (Å²) < 4.78 is 0. The Kier molecular flexibility index (Phi) is 5.04. The predicted molar refractivity (Wildman–Crippen MR) is 89.2 cm³/mol. The summed E-state index contributed by atoms with van der Waals surface area (Å²) in [6, 6.07) is 7.04. The Labute approximate surface area is 135 Å². The Balaban J connectivity index is 2.19. The fourth-order valence-electron chi connectivity index (χ4n) is 2.61. The molecule has 0 saturated heterocycles. The van der Waals surface area contributed by atoms with Crippen molar-refractivity contribution in [2.75, 3.05) is 6.54 Å². The molecular formula is C17H21ClN2O2. The molecule has 0 radical (unpaired) electrons. The molecule has 0 aliphatic carbocycles. The first-order chi connectivity index (χ1) is 10.3. The van der Waals surface area contributed by atoms with E-state index in [1.54, 1.807) is 31.3 Å². The van der Waals surface area contributed by atoms with Crippen LogP contribution in [0.25, 0.3) is 10.9 Å². The van der Waals surface area contributed by atoms with Crippen LogP contribution in [0.15, 0.2) is 30.5 Å². The van der Waals surface area contributed by atoms with Crippen LogP contribution in [0.3, 0.4) is 0 Å². The minimum Gasteiger partial charge on any atom is -0.393 e. The largest absolute Gasteiger partial charge is 0.393 e. The van der Waals surface area contributed by atoms with Gasteiger partial charge in [-0.1, -0.05) is 25.4 Å². The van der Waals surface area contributed by atoms with Gasteiger partial charge in [0, 0.05) is 18.1 Å². The molecule has 1 heterocycles. The third kappa shape index (κ3) is 3.96. The summed E-state index contributed by atoms with van der Waals surface area (Å²) in [4.78, 5) is 16.7. The number of aromatic nitrogens is 1. The number of benzene rings is 1. The second-order valence-corrected chi connectivity index (χ2v) is 6.80. The number of halogens is 1. The maximum atomic E-state index is 12.4. The zero-order chi connectivity index (χ0) is 16.3. The second-order valence-electron chi connectivity index (χ2n) is 6.39. The topological polar surface area (TPSA) is 62.2 Å². The Morgan fingerprint density at radius 1 is 1.41 bits per heavy atom. The van der Waals surface area contributed by atoms with Gasteiger partial charge < -0.3 is 10.4 Å². The molecule has 1 amide bonds. The molecule has 0 aliphatic heterocycles. The number of carbonyl (C=O) groups excluding carboxylic acids is 1. The van der Waals surface area contributed by atoms with E-state index in [1.807, 2.05) is 19.9 Å². The number of amides is 1. The van der Waals surface area contributed by atoms with Crippen molar-refractivity contribution < 1.29 is 9.90 Å². The van der Waals surface area contributed by atoms with Crippen LogP contribution < -0.4 is 5.32 Å². The van der Waals surface area contributed by atoms with Gasteiger partial charge in [-0.05, 0) is 43.0 Å². The average Bonchev–Trinajstić information content (AvgIpc) is 2.44. The zero-order valence-electron chi connectivity index (χ0n) is 13.1. The molecule has 0 spiro atoms. The van der Waals surface area contributed by atoms with E-state index in [0.29, 0.717) is 29.1 Å². The minimum absolute atomic E-state index is 0.181. The minimum atomic E-state index is -0.398. The number of rotatable bonds is 5. The molecule has 1 aromatic heterocycles. The SMILES string of the molecule is CC(O)CC(C)(C)CNC(=O)c1ccc(Cl)c2cccnc12. The van der Waals surface area contributed by atoms with Gasteiger partial charge in [-0.15, -0.1) is 0 Å². The maximum Gasteiger partial charge on any atom is 0.253 e. The lowest BCUT2D eigenvalue weighted by Gasteiger charge is -2.26. The molecule has 2 rings (SSSR count). The zero-order valence-corrected chi connectivity index (χ0v) is 13.8. The van der Waals surface area contributed by atoms with Crippen molar-refractivity contribution in [1.29, 1.82) is 0 Å². The van der Waals surface area contributed by atoms with E-state index in [9.17, 15) is 9.90 Å². The van der Waals surface area contributed by atoms with Gasteiger partial charge in [-0.3, -0.25) is 9.78 Å². The fourth-order valence-corrected chi connectivity index (χ4v) is 2.82. The van der Waals surface area contributed by atoms with Crippen LogP contribution in [0.4, 0.5) is 0 Å². The highest BCUT2D eigenvalue weighted by Gasteiger charge is 2.22. The molecule has 0 aliphatic rings. The monoisotopic (exact) mass is 320 g/mol. The number of fused-ring (bicyclic) bond motifs is 1. The van der Waals surface area contributed by atoms with Gasteiger partial charge in [0.15, 0.2) is 0 Å². The number of pyridine rings is 1. The van der Waals surface area contributed by atoms with E-state index in [1.165, 1.54) is 0 Å². The highest BCUT2D eigenvalue weighted by molar-refractivity contribution is 6.36. The Hall–Kier alpha value is -1.65. The average molecular weight is 321 g/mol. The van der Waals surface area contributed by atoms with E-state index in [4.69, 9.17) is 11.6 Å². The summed E-state index contributed by atoms with van der Waals surface area (Å²) in [6.07, 6.45) is 1.87. The summed E-state index contributed by atoms with van der Waals surface area (Å²) in [5, 5.41) is 13.8. The molecule has 1 aromatic carbocycles. The molecular weight excluding hydrogens is 300 g/mol. The molecule has 0 bridgehead atoms. The number of aliphatic hydroxyl groups is 1. The first kappa shape index (κ1) is 16.7. The van der Waals surface area contributed by atoms with Crippen molar-refractivity contribution in [1.82, 2.24) is 10.3 Å². The van der Waals surface area contributed by atoms with Crippen LogP contribution in [0, 0.1) is 5.41 Å². The molecule has 4 nitrogen and oxygen atoms in total. The Morgan fingerprint density at radius 2 is 2.14 bits per heavy atom. The van der Waals surface area contributed by atoms with Crippen molar-refractivity contribution in [3.8, 4) is 0 Å². The van der Waals surface area contributed by atoms with Crippen molar-refractivity contribution in [2.24, 2.45) is 5.41 Å². The number of nitrogens with zero attached hydrogens (tertiary/aromatic N) is 1. The Morgan fingerprint density at radius 3 is 2.82 bits per heavy atom. The predicted octanol–water partition coefficient (Wildman–Crippen LogP) is 3.42. The van der Waals surface area contributed by atoms with Crippen molar-refractivity contribution >= 4 is 28.4 Å². The van der Waals surface area contributed by atoms with Gasteiger partial charge in [0.25, 0.3) is 5.91 Å². The standard InChI is InChI=1S/C17H21ClN2O2/c1-11(21)9-17(2,3)10-20-16(22)13-6-7-14(18)12-5-4-8-19-15(12)13/h4-8,11,21H,9-10H2,1-3H3,(H,20,22). The van der Waals surface area contributed by atoms with Crippen molar-refractivity contribution in [2.45, 2.75) is 33.3 Å². The summed E-state index contributed by atoms with van der Waals surface area (Å²) in [5.74, 6) is -0.181. The summed E-state index contributed by atoms with van der Waals surface area (Å²) >= 11 is 6.14. The lowest BCUT2D eigenvalue weighted by Crippen LogP contribution is -2.35. The summed E-state index contributed by atoms with van der Waals surface area (Å²) in [6.45, 7) is 6.25. The molecule has 0 fully saturated rings. The first-order valence-corrected chi connectivity index (χ1v) is 7.67. The van der Waals surface area contributed by atoms with Crippen LogP contribution in [-0.4, -0.2) is 28.6 Å². The molecule has 0 saturated carbocycles. The lowest BCUT2D eigenvalue weighted by molar-refractivity contribution is 0.0903. The van der Waals surface area contributed by atoms with E-state index >= 15 is 0 Å². The molecule has 1 atom stereocenters. The third-order valence-corrected chi connectivity index (χ3v) is 3.87. The molecule has 2 N–H and O–H groups in total. The molecule has 2 aromatic rings. The van der Waals surface area contributed by atoms with Crippen LogP contribution in [-0.2, 0) is 0 Å². The van der Waals surface area contributed by atoms with Crippen molar-refractivity contribution in [3.63, 3.8) is 0 Å². The number of hydrogen-bond acceptors (Lipinski definition) is 3. The molecule has 5 heteroatoms. The van der Waals surface area contributed by atoms with Gasteiger partial charge in [0.2, 0.25) is 0 Å². The number of carbonyl (C=O) groups is 1. The molecule has 118 valence electrons.